The number of aryl methyl sites for hydroxylation is 1. The Balaban J connectivity index is 1.91. The predicted octanol–water partition coefficient (Wildman–Crippen LogP) is 3.79. The maximum absolute atomic E-state index is 12.2. The molecule has 3 N–H and O–H groups in total. The molecule has 3 rings (SSSR count). The number of amides is 2. The van der Waals surface area contributed by atoms with Crippen LogP contribution in [-0.2, 0) is 0 Å². The number of benzene rings is 2. The van der Waals surface area contributed by atoms with Crippen molar-refractivity contribution in [3.05, 3.63) is 64.5 Å². The maximum atomic E-state index is 12.2. The Bertz CT molecular complexity index is 946. The smallest absolute Gasteiger partial charge is 0.362 e. The number of nitrogens with one attached hydrogen (secondary N) is 3. The van der Waals surface area contributed by atoms with Crippen LogP contribution in [-0.4, -0.2) is 13.1 Å². The molecule has 0 unspecified atom stereocenters. The van der Waals surface area contributed by atoms with Crippen LogP contribution in [0.2, 0.25) is 0 Å². The molecular weight excluding hydrogens is 306 g/mol. The molecule has 3 aromatic rings. The normalized spacial score (nSPS) is 10.4. The van der Waals surface area contributed by atoms with Gasteiger partial charge in [-0.05, 0) is 31.2 Å². The second-order valence-corrected chi connectivity index (χ2v) is 5.33. The van der Waals surface area contributed by atoms with Crippen molar-refractivity contribution >= 4 is 34.1 Å². The molecule has 0 aliphatic carbocycles. The van der Waals surface area contributed by atoms with Crippen molar-refractivity contribution in [2.75, 3.05) is 23.0 Å². The highest BCUT2D eigenvalue weighted by Gasteiger charge is 2.16. The number of hydrogen-bond donors (Lipinski definition) is 3. The van der Waals surface area contributed by atoms with E-state index in [0.717, 1.165) is 5.56 Å². The van der Waals surface area contributed by atoms with Gasteiger partial charge >= 0.3 is 11.7 Å². The van der Waals surface area contributed by atoms with Crippen LogP contribution in [0.25, 0.3) is 11.0 Å². The Labute approximate surface area is 138 Å². The lowest BCUT2D eigenvalue weighted by atomic mass is 10.2. The monoisotopic (exact) mass is 323 g/mol. The van der Waals surface area contributed by atoms with E-state index in [9.17, 15) is 9.59 Å². The van der Waals surface area contributed by atoms with Crippen LogP contribution in [0, 0.1) is 6.92 Å². The first-order chi connectivity index (χ1) is 11.6. The third-order valence-electron chi connectivity index (χ3n) is 3.61. The lowest BCUT2D eigenvalue weighted by Gasteiger charge is -2.12. The minimum Gasteiger partial charge on any atom is -0.421 e. The summed E-state index contributed by atoms with van der Waals surface area (Å²) in [5.74, 6) is 0. The van der Waals surface area contributed by atoms with E-state index >= 15 is 0 Å². The number of anilines is 3. The highest BCUT2D eigenvalue weighted by Crippen LogP contribution is 2.28. The van der Waals surface area contributed by atoms with Crippen molar-refractivity contribution in [2.45, 2.75) is 6.92 Å². The van der Waals surface area contributed by atoms with Crippen LogP contribution >= 0.6 is 0 Å². The summed E-state index contributed by atoms with van der Waals surface area (Å²) in [6, 6.07) is 14.0. The molecule has 122 valence electrons. The Hall–Kier alpha value is -3.28. The van der Waals surface area contributed by atoms with Gasteiger partial charge in [-0.15, -0.1) is 0 Å². The van der Waals surface area contributed by atoms with Gasteiger partial charge in [-0.2, -0.15) is 0 Å². The molecule has 0 saturated carbocycles. The first-order valence-corrected chi connectivity index (χ1v) is 7.47. The Kier molecular flexibility index (Phi) is 4.20. The summed E-state index contributed by atoms with van der Waals surface area (Å²) in [4.78, 5) is 24.4. The van der Waals surface area contributed by atoms with E-state index in [1.54, 1.807) is 31.3 Å². The summed E-state index contributed by atoms with van der Waals surface area (Å²) in [6.45, 7) is 1.96. The van der Waals surface area contributed by atoms with Gasteiger partial charge < -0.3 is 15.1 Å². The van der Waals surface area contributed by atoms with Gasteiger partial charge in [-0.3, -0.25) is 5.32 Å². The zero-order valence-corrected chi connectivity index (χ0v) is 13.3. The Morgan fingerprint density at radius 3 is 2.38 bits per heavy atom. The second-order valence-electron chi connectivity index (χ2n) is 5.33. The Morgan fingerprint density at radius 2 is 1.67 bits per heavy atom. The molecule has 0 aliphatic rings. The fourth-order valence-electron chi connectivity index (χ4n) is 2.44. The van der Waals surface area contributed by atoms with E-state index in [0.29, 0.717) is 22.3 Å². The lowest BCUT2D eigenvalue weighted by Crippen LogP contribution is -2.24. The summed E-state index contributed by atoms with van der Waals surface area (Å²) in [7, 11) is 1.68. The van der Waals surface area contributed by atoms with Crippen molar-refractivity contribution in [1.29, 1.82) is 0 Å². The molecule has 0 saturated heterocycles. The Morgan fingerprint density at radius 1 is 0.958 bits per heavy atom. The molecule has 0 aliphatic heterocycles. The average molecular weight is 323 g/mol. The number of fused-ring (bicyclic) bond motifs is 1. The third-order valence-corrected chi connectivity index (χ3v) is 3.61. The first-order valence-electron chi connectivity index (χ1n) is 7.47. The molecule has 6 nitrogen and oxygen atoms in total. The van der Waals surface area contributed by atoms with Crippen molar-refractivity contribution < 1.29 is 9.21 Å². The van der Waals surface area contributed by atoms with Crippen LogP contribution in [0.1, 0.15) is 5.56 Å². The highest BCUT2D eigenvalue weighted by molar-refractivity contribution is 6.05. The van der Waals surface area contributed by atoms with Crippen LogP contribution < -0.4 is 21.6 Å². The van der Waals surface area contributed by atoms with Crippen LogP contribution in [0.5, 0.6) is 0 Å². The third kappa shape index (κ3) is 3.08. The molecular formula is C18H17N3O3. The van der Waals surface area contributed by atoms with Crippen molar-refractivity contribution in [3.63, 3.8) is 0 Å². The fourth-order valence-corrected chi connectivity index (χ4v) is 2.44. The SMILES string of the molecule is CNc1c(NC(=O)Nc2ccc(C)cc2)c(=O)oc2ccccc12. The van der Waals surface area contributed by atoms with Crippen LogP contribution in [0.15, 0.2) is 57.7 Å². The molecule has 0 bridgehead atoms. The molecule has 0 radical (unpaired) electrons. The van der Waals surface area contributed by atoms with Crippen LogP contribution in [0.3, 0.4) is 0 Å². The standard InChI is InChI=1S/C18H17N3O3/c1-11-7-9-12(10-8-11)20-18(23)21-16-15(19-2)13-5-3-4-6-14(13)24-17(16)22/h3-10,19H,1-2H3,(H2,20,21,23). The largest absolute Gasteiger partial charge is 0.421 e. The number of carbonyl (C=O) groups is 1. The van der Waals surface area contributed by atoms with Gasteiger partial charge in [-0.25, -0.2) is 9.59 Å². The van der Waals surface area contributed by atoms with Crippen molar-refractivity contribution in [3.8, 4) is 0 Å². The fraction of sp³-hybridized carbons (Fsp3) is 0.111. The topological polar surface area (TPSA) is 83.4 Å². The number of rotatable bonds is 3. The van der Waals surface area contributed by atoms with Gasteiger partial charge in [0.25, 0.3) is 0 Å². The molecule has 1 aromatic heterocycles. The second kappa shape index (κ2) is 6.45. The van der Waals surface area contributed by atoms with E-state index in [4.69, 9.17) is 4.42 Å². The molecule has 0 fully saturated rings. The minimum absolute atomic E-state index is 0.0702. The average Bonchev–Trinajstić information content (AvgIpc) is 2.57. The minimum atomic E-state index is -0.614. The zero-order valence-electron chi connectivity index (χ0n) is 13.3. The number of para-hydroxylation sites is 1. The molecule has 24 heavy (non-hydrogen) atoms. The maximum Gasteiger partial charge on any atom is 0.362 e. The van der Waals surface area contributed by atoms with Gasteiger partial charge in [0, 0.05) is 18.1 Å². The summed E-state index contributed by atoms with van der Waals surface area (Å²) >= 11 is 0. The summed E-state index contributed by atoms with van der Waals surface area (Å²) < 4.78 is 5.26. The molecule has 0 spiro atoms. The van der Waals surface area contributed by atoms with E-state index in [2.05, 4.69) is 16.0 Å². The molecule has 2 aromatic carbocycles. The number of hydrogen-bond acceptors (Lipinski definition) is 4. The summed E-state index contributed by atoms with van der Waals surface area (Å²) in [5, 5.41) is 8.92. The van der Waals surface area contributed by atoms with Crippen molar-refractivity contribution in [1.82, 2.24) is 0 Å². The van der Waals surface area contributed by atoms with Gasteiger partial charge in [0.05, 0.1) is 5.69 Å². The van der Waals surface area contributed by atoms with Gasteiger partial charge in [-0.1, -0.05) is 29.8 Å². The predicted molar refractivity (Wildman–Crippen MR) is 95.9 cm³/mol. The first kappa shape index (κ1) is 15.6. The highest BCUT2D eigenvalue weighted by atomic mass is 16.4. The van der Waals surface area contributed by atoms with Gasteiger partial charge in [0.15, 0.2) is 5.69 Å². The van der Waals surface area contributed by atoms with Gasteiger partial charge in [0.2, 0.25) is 0 Å². The molecule has 1 heterocycles. The van der Waals surface area contributed by atoms with E-state index in [1.165, 1.54) is 0 Å². The number of carbonyl (C=O) groups excluding carboxylic acids is 1. The van der Waals surface area contributed by atoms with Crippen LogP contribution in [0.4, 0.5) is 21.9 Å². The summed E-state index contributed by atoms with van der Waals surface area (Å²) in [5.41, 5.74) is 2.15. The van der Waals surface area contributed by atoms with Gasteiger partial charge in [0.1, 0.15) is 5.58 Å². The number of urea groups is 1. The van der Waals surface area contributed by atoms with E-state index < -0.39 is 11.7 Å². The summed E-state index contributed by atoms with van der Waals surface area (Å²) in [6.07, 6.45) is 0. The quantitative estimate of drug-likeness (QED) is 0.640. The van der Waals surface area contributed by atoms with E-state index in [-0.39, 0.29) is 5.69 Å². The molecule has 6 heteroatoms. The molecule has 2 amide bonds. The van der Waals surface area contributed by atoms with E-state index in [1.807, 2.05) is 31.2 Å². The zero-order chi connectivity index (χ0) is 17.1. The molecule has 0 atom stereocenters. The lowest BCUT2D eigenvalue weighted by molar-refractivity contribution is 0.262. The van der Waals surface area contributed by atoms with Crippen molar-refractivity contribution in [2.24, 2.45) is 0 Å².